The van der Waals surface area contributed by atoms with Gasteiger partial charge in [-0.2, -0.15) is 4.31 Å². The number of carbonyl (C=O) groups excluding carboxylic acids is 1. The highest BCUT2D eigenvalue weighted by Crippen LogP contribution is 2.21. The fraction of sp³-hybridized carbons (Fsp3) is 0.632. The number of rotatable bonds is 5. The van der Waals surface area contributed by atoms with Crippen molar-refractivity contribution in [1.82, 2.24) is 9.62 Å². The Morgan fingerprint density at radius 1 is 1.08 bits per heavy atom. The average Bonchev–Trinajstić information content (AvgIpc) is 2.88. The zero-order chi connectivity index (χ0) is 17.7. The van der Waals surface area contributed by atoms with E-state index < -0.39 is 10.0 Å². The number of benzene rings is 1. The summed E-state index contributed by atoms with van der Waals surface area (Å²) in [5.74, 6) is -0.235. The SMILES string of the molecule is O=C(CCS(=O)(=O)N1CCc2ccccc2C1)NC1CCCCCC1. The first-order chi connectivity index (χ1) is 12.0. The molecule has 25 heavy (non-hydrogen) atoms. The minimum Gasteiger partial charge on any atom is -0.353 e. The Kier molecular flexibility index (Phi) is 6.12. The topological polar surface area (TPSA) is 66.5 Å². The second-order valence-electron chi connectivity index (χ2n) is 7.17. The van der Waals surface area contributed by atoms with Crippen molar-refractivity contribution in [3.05, 3.63) is 35.4 Å². The summed E-state index contributed by atoms with van der Waals surface area (Å²) in [4.78, 5) is 12.2. The molecule has 0 atom stereocenters. The summed E-state index contributed by atoms with van der Waals surface area (Å²) in [5.41, 5.74) is 2.29. The van der Waals surface area contributed by atoms with E-state index in [1.165, 1.54) is 22.7 Å². The third-order valence-corrected chi connectivity index (χ3v) is 7.11. The van der Waals surface area contributed by atoms with Crippen LogP contribution in [0.4, 0.5) is 0 Å². The standard InChI is InChI=1S/C19H28N2O3S/c22-19(20-18-9-3-1-2-4-10-18)12-14-25(23,24)21-13-11-16-7-5-6-8-17(16)15-21/h5-8,18H,1-4,9-15H2,(H,20,22). The fourth-order valence-electron chi connectivity index (χ4n) is 3.78. The van der Waals surface area contributed by atoms with Crippen molar-refractivity contribution in [3.8, 4) is 0 Å². The van der Waals surface area contributed by atoms with Crippen molar-refractivity contribution in [2.75, 3.05) is 12.3 Å². The van der Waals surface area contributed by atoms with Crippen LogP contribution in [0.5, 0.6) is 0 Å². The average molecular weight is 365 g/mol. The molecule has 1 aliphatic heterocycles. The number of hydrogen-bond acceptors (Lipinski definition) is 3. The van der Waals surface area contributed by atoms with Crippen molar-refractivity contribution in [2.45, 2.75) is 64.0 Å². The summed E-state index contributed by atoms with van der Waals surface area (Å²) < 4.78 is 26.7. The predicted octanol–water partition coefficient (Wildman–Crippen LogP) is 2.60. The number of nitrogens with zero attached hydrogens (tertiary/aromatic N) is 1. The number of sulfonamides is 1. The third-order valence-electron chi connectivity index (χ3n) is 5.30. The molecule has 138 valence electrons. The van der Waals surface area contributed by atoms with Crippen LogP contribution in [0.3, 0.4) is 0 Å². The summed E-state index contributed by atoms with van der Waals surface area (Å²) >= 11 is 0. The number of carbonyl (C=O) groups is 1. The molecule has 1 aromatic carbocycles. The Hall–Kier alpha value is -1.40. The van der Waals surface area contributed by atoms with Gasteiger partial charge in [-0.1, -0.05) is 49.9 Å². The van der Waals surface area contributed by atoms with Crippen LogP contribution in [0, 0.1) is 0 Å². The van der Waals surface area contributed by atoms with Gasteiger partial charge in [0.2, 0.25) is 15.9 Å². The van der Waals surface area contributed by atoms with Crippen LogP contribution in [0.25, 0.3) is 0 Å². The lowest BCUT2D eigenvalue weighted by atomic mass is 10.0. The van der Waals surface area contributed by atoms with Crippen LogP contribution in [0.2, 0.25) is 0 Å². The highest BCUT2D eigenvalue weighted by atomic mass is 32.2. The van der Waals surface area contributed by atoms with Gasteiger partial charge < -0.3 is 5.32 Å². The van der Waals surface area contributed by atoms with E-state index in [4.69, 9.17) is 0 Å². The van der Waals surface area contributed by atoms with Gasteiger partial charge >= 0.3 is 0 Å². The summed E-state index contributed by atoms with van der Waals surface area (Å²) in [5, 5.41) is 3.03. The first-order valence-corrected chi connectivity index (χ1v) is 11.0. The monoisotopic (exact) mass is 364 g/mol. The quantitative estimate of drug-likeness (QED) is 0.817. The number of fused-ring (bicyclic) bond motifs is 1. The largest absolute Gasteiger partial charge is 0.353 e. The molecule has 1 amide bonds. The van der Waals surface area contributed by atoms with E-state index >= 15 is 0 Å². The third kappa shape index (κ3) is 5.05. The molecule has 0 radical (unpaired) electrons. The van der Waals surface area contributed by atoms with Gasteiger partial charge in [-0.05, 0) is 30.4 Å². The summed E-state index contributed by atoms with van der Waals surface area (Å²) in [6.45, 7) is 0.923. The smallest absolute Gasteiger partial charge is 0.221 e. The van der Waals surface area contributed by atoms with E-state index in [0.717, 1.165) is 37.7 Å². The lowest BCUT2D eigenvalue weighted by Gasteiger charge is -2.28. The molecule has 1 N–H and O–H groups in total. The Morgan fingerprint density at radius 3 is 2.48 bits per heavy atom. The second-order valence-corrected chi connectivity index (χ2v) is 9.26. The Bertz CT molecular complexity index is 694. The number of hydrogen-bond donors (Lipinski definition) is 1. The van der Waals surface area contributed by atoms with Crippen molar-refractivity contribution in [2.24, 2.45) is 0 Å². The maximum absolute atomic E-state index is 12.6. The number of nitrogens with one attached hydrogen (secondary N) is 1. The normalized spacial score (nSPS) is 19.8. The molecule has 1 heterocycles. The Morgan fingerprint density at radius 2 is 1.76 bits per heavy atom. The molecule has 0 spiro atoms. The summed E-state index contributed by atoms with van der Waals surface area (Å²) in [6, 6.07) is 8.19. The van der Waals surface area contributed by atoms with Crippen LogP contribution >= 0.6 is 0 Å². The fourth-order valence-corrected chi connectivity index (χ4v) is 5.19. The molecule has 5 nitrogen and oxygen atoms in total. The van der Waals surface area contributed by atoms with E-state index in [0.29, 0.717) is 13.1 Å². The van der Waals surface area contributed by atoms with Crippen LogP contribution < -0.4 is 5.32 Å². The van der Waals surface area contributed by atoms with Crippen molar-refractivity contribution in [3.63, 3.8) is 0 Å². The van der Waals surface area contributed by atoms with E-state index in [9.17, 15) is 13.2 Å². The first-order valence-electron chi connectivity index (χ1n) is 9.38. The zero-order valence-corrected chi connectivity index (χ0v) is 15.6. The minimum absolute atomic E-state index is 0.0526. The molecule has 0 bridgehead atoms. The van der Waals surface area contributed by atoms with Gasteiger partial charge in [-0.15, -0.1) is 0 Å². The van der Waals surface area contributed by atoms with E-state index in [1.54, 1.807) is 0 Å². The molecule has 1 aromatic rings. The summed E-state index contributed by atoms with van der Waals surface area (Å²) in [7, 11) is -3.40. The lowest BCUT2D eigenvalue weighted by Crippen LogP contribution is -2.40. The molecule has 6 heteroatoms. The predicted molar refractivity (Wildman–Crippen MR) is 98.6 cm³/mol. The van der Waals surface area contributed by atoms with Gasteiger partial charge in [0.15, 0.2) is 0 Å². The van der Waals surface area contributed by atoms with Gasteiger partial charge in [-0.25, -0.2) is 8.42 Å². The van der Waals surface area contributed by atoms with E-state index in [-0.39, 0.29) is 24.1 Å². The Labute approximate surface area is 150 Å². The van der Waals surface area contributed by atoms with Crippen LogP contribution in [-0.4, -0.2) is 37.0 Å². The van der Waals surface area contributed by atoms with Gasteiger partial charge in [0.25, 0.3) is 0 Å². The van der Waals surface area contributed by atoms with Crippen molar-refractivity contribution < 1.29 is 13.2 Å². The zero-order valence-electron chi connectivity index (χ0n) is 14.7. The van der Waals surface area contributed by atoms with Crippen molar-refractivity contribution >= 4 is 15.9 Å². The Balaban J connectivity index is 1.51. The van der Waals surface area contributed by atoms with Crippen LogP contribution in [0.1, 0.15) is 56.1 Å². The van der Waals surface area contributed by atoms with Crippen molar-refractivity contribution in [1.29, 1.82) is 0 Å². The minimum atomic E-state index is -3.40. The molecule has 0 aromatic heterocycles. The molecular formula is C19H28N2O3S. The van der Waals surface area contributed by atoms with Gasteiger partial charge in [0, 0.05) is 25.6 Å². The summed E-state index contributed by atoms with van der Waals surface area (Å²) in [6.07, 6.45) is 7.59. The van der Waals surface area contributed by atoms with E-state index in [2.05, 4.69) is 11.4 Å². The lowest BCUT2D eigenvalue weighted by molar-refractivity contribution is -0.121. The highest BCUT2D eigenvalue weighted by Gasteiger charge is 2.27. The van der Waals surface area contributed by atoms with E-state index in [1.807, 2.05) is 18.2 Å². The molecule has 0 saturated heterocycles. The first kappa shape index (κ1) is 18.4. The molecule has 1 fully saturated rings. The molecule has 3 rings (SSSR count). The molecule has 0 unspecified atom stereocenters. The molecule has 1 aliphatic carbocycles. The maximum atomic E-state index is 12.6. The van der Waals surface area contributed by atoms with Gasteiger partial charge in [0.05, 0.1) is 5.75 Å². The van der Waals surface area contributed by atoms with Crippen LogP contribution in [-0.2, 0) is 27.8 Å². The molecular weight excluding hydrogens is 336 g/mol. The van der Waals surface area contributed by atoms with Crippen LogP contribution in [0.15, 0.2) is 24.3 Å². The van der Waals surface area contributed by atoms with Gasteiger partial charge in [-0.3, -0.25) is 4.79 Å². The highest BCUT2D eigenvalue weighted by molar-refractivity contribution is 7.89. The number of amides is 1. The van der Waals surface area contributed by atoms with Gasteiger partial charge in [0.1, 0.15) is 0 Å². The molecule has 2 aliphatic rings. The maximum Gasteiger partial charge on any atom is 0.221 e. The second kappa shape index (κ2) is 8.32. The molecule has 1 saturated carbocycles.